The minimum absolute atomic E-state index is 0.694. The standard InChI is InChI=1S/C16H25N3/c1-3-19(4-2)16-8-7-14(11-17-16)18-15-10-12-5-6-13(15)9-12/h7-8,11-13,15,18H,3-6,9-10H2,1-2H3. The highest BCUT2D eigenvalue weighted by Crippen LogP contribution is 2.45. The van der Waals surface area contributed by atoms with Crippen LogP contribution in [0, 0.1) is 11.8 Å². The monoisotopic (exact) mass is 259 g/mol. The Morgan fingerprint density at radius 2 is 2.05 bits per heavy atom. The Morgan fingerprint density at radius 3 is 2.58 bits per heavy atom. The van der Waals surface area contributed by atoms with Gasteiger partial charge in [-0.2, -0.15) is 0 Å². The molecule has 2 aliphatic rings. The first kappa shape index (κ1) is 12.8. The van der Waals surface area contributed by atoms with Gasteiger partial charge in [-0.25, -0.2) is 4.98 Å². The summed E-state index contributed by atoms with van der Waals surface area (Å²) in [6, 6.07) is 5.02. The molecule has 0 radical (unpaired) electrons. The van der Waals surface area contributed by atoms with Crippen LogP contribution in [0.4, 0.5) is 11.5 Å². The van der Waals surface area contributed by atoms with Crippen molar-refractivity contribution in [3.05, 3.63) is 18.3 Å². The number of hydrogen-bond acceptors (Lipinski definition) is 3. The first-order chi connectivity index (χ1) is 9.30. The zero-order chi connectivity index (χ0) is 13.2. The van der Waals surface area contributed by atoms with Crippen LogP contribution in [-0.2, 0) is 0 Å². The molecule has 3 rings (SSSR count). The Balaban J connectivity index is 1.63. The lowest BCUT2D eigenvalue weighted by Crippen LogP contribution is -2.26. The van der Waals surface area contributed by atoms with E-state index >= 15 is 0 Å². The molecule has 0 aliphatic heterocycles. The molecule has 2 aliphatic carbocycles. The molecule has 1 aromatic rings. The number of fused-ring (bicyclic) bond motifs is 2. The predicted molar refractivity (Wildman–Crippen MR) is 80.7 cm³/mol. The quantitative estimate of drug-likeness (QED) is 0.877. The second-order valence-corrected chi connectivity index (χ2v) is 6.00. The van der Waals surface area contributed by atoms with Gasteiger partial charge in [0, 0.05) is 19.1 Å². The lowest BCUT2D eigenvalue weighted by atomic mass is 9.95. The molecule has 2 fully saturated rings. The molecular weight excluding hydrogens is 234 g/mol. The van der Waals surface area contributed by atoms with Crippen molar-refractivity contribution in [3.63, 3.8) is 0 Å². The van der Waals surface area contributed by atoms with Crippen LogP contribution in [0.25, 0.3) is 0 Å². The van der Waals surface area contributed by atoms with E-state index in [1.165, 1.54) is 31.4 Å². The number of aromatic nitrogens is 1. The van der Waals surface area contributed by atoms with Crippen molar-refractivity contribution in [2.45, 2.75) is 45.6 Å². The minimum Gasteiger partial charge on any atom is -0.381 e. The number of hydrogen-bond donors (Lipinski definition) is 1. The largest absolute Gasteiger partial charge is 0.381 e. The normalized spacial score (nSPS) is 28.6. The number of nitrogens with one attached hydrogen (secondary N) is 1. The van der Waals surface area contributed by atoms with Gasteiger partial charge in [0.25, 0.3) is 0 Å². The topological polar surface area (TPSA) is 28.2 Å². The van der Waals surface area contributed by atoms with E-state index in [0.717, 1.165) is 30.7 Å². The first-order valence-corrected chi connectivity index (χ1v) is 7.77. The highest BCUT2D eigenvalue weighted by atomic mass is 15.2. The maximum atomic E-state index is 4.59. The maximum absolute atomic E-state index is 4.59. The van der Waals surface area contributed by atoms with Gasteiger partial charge in [0.2, 0.25) is 0 Å². The maximum Gasteiger partial charge on any atom is 0.128 e. The molecule has 2 bridgehead atoms. The third kappa shape index (κ3) is 2.56. The Morgan fingerprint density at radius 1 is 1.21 bits per heavy atom. The Labute approximate surface area is 116 Å². The Hall–Kier alpha value is -1.25. The second-order valence-electron chi connectivity index (χ2n) is 6.00. The SMILES string of the molecule is CCN(CC)c1ccc(NC2CC3CCC2C3)cn1. The molecule has 0 aromatic carbocycles. The molecule has 3 unspecified atom stereocenters. The van der Waals surface area contributed by atoms with Crippen LogP contribution in [0.5, 0.6) is 0 Å². The zero-order valence-corrected chi connectivity index (χ0v) is 12.1. The van der Waals surface area contributed by atoms with Crippen molar-refractivity contribution in [2.75, 3.05) is 23.3 Å². The summed E-state index contributed by atoms with van der Waals surface area (Å²) in [6.45, 7) is 6.38. The van der Waals surface area contributed by atoms with Gasteiger partial charge in [-0.3, -0.25) is 0 Å². The van der Waals surface area contributed by atoms with Gasteiger partial charge in [-0.15, -0.1) is 0 Å². The van der Waals surface area contributed by atoms with E-state index in [4.69, 9.17) is 0 Å². The van der Waals surface area contributed by atoms with Crippen LogP contribution in [0.2, 0.25) is 0 Å². The van der Waals surface area contributed by atoms with Crippen LogP contribution in [0.3, 0.4) is 0 Å². The highest BCUT2D eigenvalue weighted by Gasteiger charge is 2.39. The molecule has 3 heteroatoms. The number of rotatable bonds is 5. The van der Waals surface area contributed by atoms with Crippen molar-refractivity contribution in [1.82, 2.24) is 4.98 Å². The molecule has 19 heavy (non-hydrogen) atoms. The molecule has 2 saturated carbocycles. The van der Waals surface area contributed by atoms with E-state index in [9.17, 15) is 0 Å². The van der Waals surface area contributed by atoms with E-state index in [1.54, 1.807) is 0 Å². The average Bonchev–Trinajstić information content (AvgIpc) is 3.04. The third-order valence-electron chi connectivity index (χ3n) is 4.93. The Kier molecular flexibility index (Phi) is 3.63. The summed E-state index contributed by atoms with van der Waals surface area (Å²) >= 11 is 0. The smallest absolute Gasteiger partial charge is 0.128 e. The van der Waals surface area contributed by atoms with Gasteiger partial charge in [-0.05, 0) is 57.1 Å². The molecular formula is C16H25N3. The van der Waals surface area contributed by atoms with Gasteiger partial charge in [-0.1, -0.05) is 6.42 Å². The summed E-state index contributed by atoms with van der Waals surface area (Å²) in [6.07, 6.45) is 7.69. The molecule has 0 spiro atoms. The van der Waals surface area contributed by atoms with E-state index in [1.807, 2.05) is 6.20 Å². The zero-order valence-electron chi connectivity index (χ0n) is 12.1. The van der Waals surface area contributed by atoms with E-state index in [2.05, 4.69) is 41.2 Å². The van der Waals surface area contributed by atoms with Crippen molar-refractivity contribution in [1.29, 1.82) is 0 Å². The van der Waals surface area contributed by atoms with Crippen LogP contribution in [-0.4, -0.2) is 24.1 Å². The molecule has 1 aromatic heterocycles. The first-order valence-electron chi connectivity index (χ1n) is 7.77. The highest BCUT2D eigenvalue weighted by molar-refractivity contribution is 5.49. The van der Waals surface area contributed by atoms with Crippen molar-refractivity contribution in [3.8, 4) is 0 Å². The van der Waals surface area contributed by atoms with Gasteiger partial charge in [0.1, 0.15) is 5.82 Å². The molecule has 0 amide bonds. The average molecular weight is 259 g/mol. The lowest BCUT2D eigenvalue weighted by molar-refractivity contribution is 0.439. The van der Waals surface area contributed by atoms with E-state index < -0.39 is 0 Å². The van der Waals surface area contributed by atoms with Gasteiger partial charge in [0.15, 0.2) is 0 Å². The van der Waals surface area contributed by atoms with Crippen molar-refractivity contribution in [2.24, 2.45) is 11.8 Å². The minimum atomic E-state index is 0.694. The fourth-order valence-corrected chi connectivity index (χ4v) is 3.84. The summed E-state index contributed by atoms with van der Waals surface area (Å²) in [7, 11) is 0. The number of nitrogens with zero attached hydrogens (tertiary/aromatic N) is 2. The van der Waals surface area contributed by atoms with E-state index in [0.29, 0.717) is 6.04 Å². The molecule has 3 atom stereocenters. The summed E-state index contributed by atoms with van der Waals surface area (Å²) < 4.78 is 0. The van der Waals surface area contributed by atoms with Crippen LogP contribution < -0.4 is 10.2 Å². The van der Waals surface area contributed by atoms with Crippen LogP contribution >= 0.6 is 0 Å². The molecule has 0 saturated heterocycles. The molecule has 1 heterocycles. The molecule has 1 N–H and O–H groups in total. The fourth-order valence-electron chi connectivity index (χ4n) is 3.84. The summed E-state index contributed by atoms with van der Waals surface area (Å²) in [5, 5.41) is 3.69. The van der Waals surface area contributed by atoms with Crippen LogP contribution in [0.1, 0.15) is 39.5 Å². The van der Waals surface area contributed by atoms with Gasteiger partial charge in [0.05, 0.1) is 11.9 Å². The number of pyridine rings is 1. The van der Waals surface area contributed by atoms with Gasteiger partial charge >= 0.3 is 0 Å². The summed E-state index contributed by atoms with van der Waals surface area (Å²) in [5.41, 5.74) is 1.19. The summed E-state index contributed by atoms with van der Waals surface area (Å²) in [4.78, 5) is 6.87. The van der Waals surface area contributed by atoms with Crippen molar-refractivity contribution >= 4 is 11.5 Å². The molecule has 3 nitrogen and oxygen atoms in total. The van der Waals surface area contributed by atoms with Crippen LogP contribution in [0.15, 0.2) is 18.3 Å². The predicted octanol–water partition coefficient (Wildman–Crippen LogP) is 3.53. The summed E-state index contributed by atoms with van der Waals surface area (Å²) in [5.74, 6) is 2.99. The van der Waals surface area contributed by atoms with E-state index in [-0.39, 0.29) is 0 Å². The lowest BCUT2D eigenvalue weighted by Gasteiger charge is -2.24. The Bertz CT molecular complexity index is 411. The second kappa shape index (κ2) is 5.40. The third-order valence-corrected chi connectivity index (χ3v) is 4.93. The van der Waals surface area contributed by atoms with Crippen molar-refractivity contribution < 1.29 is 0 Å². The number of anilines is 2. The molecule has 104 valence electrons. The van der Waals surface area contributed by atoms with Gasteiger partial charge < -0.3 is 10.2 Å². The fraction of sp³-hybridized carbons (Fsp3) is 0.688.